The second-order valence-corrected chi connectivity index (χ2v) is 4.09. The van der Waals surface area contributed by atoms with E-state index in [1.807, 2.05) is 0 Å². The van der Waals surface area contributed by atoms with Crippen LogP contribution in [0, 0.1) is 10.1 Å². The Bertz CT molecular complexity index is 507. The second-order valence-electron chi connectivity index (χ2n) is 3.28. The highest BCUT2D eigenvalue weighted by Crippen LogP contribution is 2.36. The van der Waals surface area contributed by atoms with Crippen LogP contribution >= 0.6 is 23.2 Å². The van der Waals surface area contributed by atoms with Gasteiger partial charge in [-0.05, 0) is 6.92 Å². The zero-order chi connectivity index (χ0) is 13.9. The second kappa shape index (κ2) is 5.74. The van der Waals surface area contributed by atoms with Crippen LogP contribution in [-0.4, -0.2) is 22.1 Å². The number of nitro benzene ring substituents is 1. The SMILES string of the molecule is CC(Oc1cc(Cl)c(Cl)cc1[N+](=O)[O-])/C(N)=N/O. The van der Waals surface area contributed by atoms with Gasteiger partial charge in [-0.2, -0.15) is 0 Å². The third kappa shape index (κ3) is 3.14. The van der Waals surface area contributed by atoms with Gasteiger partial charge in [-0.15, -0.1) is 0 Å². The maximum atomic E-state index is 10.8. The van der Waals surface area contributed by atoms with Gasteiger partial charge in [0.05, 0.1) is 15.0 Å². The molecule has 0 saturated carbocycles. The van der Waals surface area contributed by atoms with Crippen molar-refractivity contribution in [3.63, 3.8) is 0 Å². The Morgan fingerprint density at radius 3 is 2.61 bits per heavy atom. The molecular weight excluding hydrogens is 285 g/mol. The first-order valence-electron chi connectivity index (χ1n) is 4.64. The van der Waals surface area contributed by atoms with Gasteiger partial charge in [0.2, 0.25) is 0 Å². The number of nitrogens with two attached hydrogens (primary N) is 1. The van der Waals surface area contributed by atoms with Crippen molar-refractivity contribution in [1.29, 1.82) is 0 Å². The molecule has 0 bridgehead atoms. The Morgan fingerprint density at radius 1 is 1.56 bits per heavy atom. The highest BCUT2D eigenvalue weighted by Gasteiger charge is 2.21. The van der Waals surface area contributed by atoms with E-state index in [-0.39, 0.29) is 27.3 Å². The van der Waals surface area contributed by atoms with Crippen LogP contribution in [0.5, 0.6) is 5.75 Å². The predicted octanol–water partition coefficient (Wildman–Crippen LogP) is 2.42. The fraction of sp³-hybridized carbons (Fsp3) is 0.222. The Kier molecular flexibility index (Phi) is 4.57. The van der Waals surface area contributed by atoms with Crippen molar-refractivity contribution in [3.8, 4) is 5.75 Å². The van der Waals surface area contributed by atoms with Gasteiger partial charge >= 0.3 is 5.69 Å². The highest BCUT2D eigenvalue weighted by atomic mass is 35.5. The minimum Gasteiger partial charge on any atom is -0.476 e. The summed E-state index contributed by atoms with van der Waals surface area (Å²) in [6.07, 6.45) is -0.856. The van der Waals surface area contributed by atoms with Gasteiger partial charge in [0.15, 0.2) is 17.7 Å². The number of benzene rings is 1. The van der Waals surface area contributed by atoms with Crippen LogP contribution in [0.2, 0.25) is 10.0 Å². The molecule has 0 aromatic heterocycles. The number of rotatable bonds is 4. The molecule has 1 aromatic rings. The number of amidine groups is 1. The first-order valence-corrected chi connectivity index (χ1v) is 5.40. The largest absolute Gasteiger partial charge is 0.476 e. The molecule has 18 heavy (non-hydrogen) atoms. The molecule has 0 aliphatic rings. The Balaban J connectivity index is 3.15. The third-order valence-electron chi connectivity index (χ3n) is 2.03. The molecule has 1 unspecified atom stereocenters. The molecule has 1 atom stereocenters. The van der Waals surface area contributed by atoms with Crippen LogP contribution in [0.25, 0.3) is 0 Å². The van der Waals surface area contributed by atoms with Gasteiger partial charge in [-0.1, -0.05) is 28.4 Å². The summed E-state index contributed by atoms with van der Waals surface area (Å²) in [5, 5.41) is 22.2. The summed E-state index contributed by atoms with van der Waals surface area (Å²) < 4.78 is 5.19. The molecule has 0 fully saturated rings. The number of nitrogens with zero attached hydrogens (tertiary/aromatic N) is 2. The standard InChI is InChI=1S/C9H9Cl2N3O4/c1-4(9(12)13-15)18-8-3-6(11)5(10)2-7(8)14(16)17/h2-4,15H,1H3,(H2,12,13). The van der Waals surface area contributed by atoms with Gasteiger partial charge < -0.3 is 15.7 Å². The quantitative estimate of drug-likeness (QED) is 0.291. The van der Waals surface area contributed by atoms with Crippen LogP contribution in [0.4, 0.5) is 5.69 Å². The van der Waals surface area contributed by atoms with E-state index in [2.05, 4.69) is 5.16 Å². The smallest absolute Gasteiger partial charge is 0.312 e. The molecule has 3 N–H and O–H groups in total. The third-order valence-corrected chi connectivity index (χ3v) is 2.76. The summed E-state index contributed by atoms with van der Waals surface area (Å²) in [5.74, 6) is -0.344. The minimum absolute atomic E-state index is 0.0344. The van der Waals surface area contributed by atoms with Crippen LogP contribution in [0.3, 0.4) is 0 Å². The number of ether oxygens (including phenoxy) is 1. The molecule has 9 heteroatoms. The lowest BCUT2D eigenvalue weighted by Gasteiger charge is -2.13. The van der Waals surface area contributed by atoms with E-state index in [9.17, 15) is 10.1 Å². The van der Waals surface area contributed by atoms with Crippen LogP contribution in [0.1, 0.15) is 6.92 Å². The average molecular weight is 294 g/mol. The lowest BCUT2D eigenvalue weighted by Crippen LogP contribution is -2.31. The molecule has 1 rings (SSSR count). The highest BCUT2D eigenvalue weighted by molar-refractivity contribution is 6.42. The molecule has 98 valence electrons. The van der Waals surface area contributed by atoms with Crippen LogP contribution in [-0.2, 0) is 0 Å². The Morgan fingerprint density at radius 2 is 2.11 bits per heavy atom. The molecule has 0 radical (unpaired) electrons. The maximum absolute atomic E-state index is 10.8. The number of hydrogen-bond donors (Lipinski definition) is 2. The van der Waals surface area contributed by atoms with Crippen molar-refractivity contribution < 1.29 is 14.9 Å². The average Bonchev–Trinajstić information content (AvgIpc) is 2.31. The molecule has 7 nitrogen and oxygen atoms in total. The zero-order valence-electron chi connectivity index (χ0n) is 9.13. The lowest BCUT2D eigenvalue weighted by molar-refractivity contribution is -0.385. The lowest BCUT2D eigenvalue weighted by atomic mass is 10.3. The number of halogens is 2. The van der Waals surface area contributed by atoms with Crippen molar-refractivity contribution in [2.24, 2.45) is 10.9 Å². The monoisotopic (exact) mass is 293 g/mol. The van der Waals surface area contributed by atoms with E-state index < -0.39 is 11.0 Å². The van der Waals surface area contributed by atoms with Gasteiger partial charge in [-0.3, -0.25) is 10.1 Å². The Labute approximate surface area is 112 Å². The van der Waals surface area contributed by atoms with Gasteiger partial charge in [-0.25, -0.2) is 0 Å². The molecule has 0 aliphatic carbocycles. The first-order chi connectivity index (χ1) is 8.36. The summed E-state index contributed by atoms with van der Waals surface area (Å²) in [4.78, 5) is 10.1. The Hall–Kier alpha value is -1.73. The van der Waals surface area contributed by atoms with Crippen molar-refractivity contribution in [2.45, 2.75) is 13.0 Å². The fourth-order valence-electron chi connectivity index (χ4n) is 1.09. The van der Waals surface area contributed by atoms with Crippen LogP contribution < -0.4 is 10.5 Å². The van der Waals surface area contributed by atoms with Gasteiger partial charge in [0.25, 0.3) is 0 Å². The van der Waals surface area contributed by atoms with Gasteiger partial charge in [0.1, 0.15) is 0 Å². The summed E-state index contributed by atoms with van der Waals surface area (Å²) >= 11 is 11.4. The predicted molar refractivity (Wildman–Crippen MR) is 66.6 cm³/mol. The van der Waals surface area contributed by atoms with Crippen LogP contribution in [0.15, 0.2) is 17.3 Å². The molecule has 0 spiro atoms. The number of hydrogen-bond acceptors (Lipinski definition) is 5. The number of oxime groups is 1. The van der Waals surface area contributed by atoms with Crippen molar-refractivity contribution in [3.05, 3.63) is 32.3 Å². The molecule has 1 aromatic carbocycles. The molecule has 0 heterocycles. The van der Waals surface area contributed by atoms with E-state index in [0.29, 0.717) is 0 Å². The van der Waals surface area contributed by atoms with E-state index >= 15 is 0 Å². The van der Waals surface area contributed by atoms with E-state index in [1.165, 1.54) is 13.0 Å². The molecular formula is C9H9Cl2N3O4. The molecule has 0 amide bonds. The van der Waals surface area contributed by atoms with E-state index in [1.54, 1.807) is 0 Å². The van der Waals surface area contributed by atoms with Crippen molar-refractivity contribution >= 4 is 34.7 Å². The van der Waals surface area contributed by atoms with E-state index in [0.717, 1.165) is 6.07 Å². The molecule has 0 saturated heterocycles. The normalized spacial score (nSPS) is 13.2. The van der Waals surface area contributed by atoms with E-state index in [4.69, 9.17) is 38.9 Å². The van der Waals surface area contributed by atoms with Crippen molar-refractivity contribution in [1.82, 2.24) is 0 Å². The first kappa shape index (κ1) is 14.3. The zero-order valence-corrected chi connectivity index (χ0v) is 10.6. The summed E-state index contributed by atoms with van der Waals surface area (Å²) in [7, 11) is 0. The fourth-order valence-corrected chi connectivity index (χ4v) is 1.40. The molecule has 0 aliphatic heterocycles. The maximum Gasteiger partial charge on any atom is 0.312 e. The summed E-state index contributed by atoms with van der Waals surface area (Å²) in [6.45, 7) is 1.46. The summed E-state index contributed by atoms with van der Waals surface area (Å²) in [6, 6.07) is 2.27. The topological polar surface area (TPSA) is 111 Å². The summed E-state index contributed by atoms with van der Waals surface area (Å²) in [5.41, 5.74) is 4.95. The van der Waals surface area contributed by atoms with Gasteiger partial charge in [0, 0.05) is 12.1 Å². The minimum atomic E-state index is -0.856. The van der Waals surface area contributed by atoms with Crippen molar-refractivity contribution in [2.75, 3.05) is 0 Å². The number of nitro groups is 1.